The van der Waals surface area contributed by atoms with Crippen LogP contribution in [0.3, 0.4) is 0 Å². The molecule has 0 heterocycles. The van der Waals surface area contributed by atoms with Gasteiger partial charge in [0.2, 0.25) is 0 Å². The first-order valence-electron chi connectivity index (χ1n) is 10.3. The van der Waals surface area contributed by atoms with Crippen LogP contribution in [0.4, 0.5) is 0 Å². The molecular formula is C23H30O4. The predicted molar refractivity (Wildman–Crippen MR) is 101 cm³/mol. The normalized spacial score (nSPS) is 48.6. The minimum absolute atomic E-state index is 0.0204. The van der Waals surface area contributed by atoms with Gasteiger partial charge < -0.3 is 9.84 Å². The summed E-state index contributed by atoms with van der Waals surface area (Å²) >= 11 is 0. The van der Waals surface area contributed by atoms with E-state index in [1.165, 1.54) is 6.92 Å². The summed E-state index contributed by atoms with van der Waals surface area (Å²) in [6, 6.07) is 0. The van der Waals surface area contributed by atoms with E-state index in [9.17, 15) is 14.7 Å². The molecule has 0 amide bonds. The van der Waals surface area contributed by atoms with Gasteiger partial charge in [0.15, 0.2) is 5.78 Å². The summed E-state index contributed by atoms with van der Waals surface area (Å²) in [5.41, 5.74) is -0.344. The molecule has 1 N–H and O–H groups in total. The molecule has 4 aliphatic rings. The van der Waals surface area contributed by atoms with Crippen LogP contribution in [0.1, 0.15) is 65.7 Å². The Hall–Kier alpha value is -1.60. The first-order valence-corrected chi connectivity index (χ1v) is 10.3. The molecular weight excluding hydrogens is 340 g/mol. The van der Waals surface area contributed by atoms with E-state index in [2.05, 4.69) is 19.8 Å². The standard InChI is InChI=1S/C23H30O4/c1-5-23(26)11-8-18-20-17(7-10-22(18,23)4)21(3)9-6-16(27-14(2)24)12-15(21)13-19(20)25/h1,13,16-18,20,26H,6-12H2,2-4H3/t16-,17?,18?,20?,21-,22-,23-/m0/s1. The molecule has 3 saturated carbocycles. The number of rotatable bonds is 1. The van der Waals surface area contributed by atoms with Crippen LogP contribution < -0.4 is 0 Å². The summed E-state index contributed by atoms with van der Waals surface area (Å²) in [7, 11) is 0. The number of esters is 1. The van der Waals surface area contributed by atoms with Crippen LogP contribution in [-0.2, 0) is 14.3 Å². The van der Waals surface area contributed by atoms with Crippen molar-refractivity contribution in [3.63, 3.8) is 0 Å². The monoisotopic (exact) mass is 370 g/mol. The van der Waals surface area contributed by atoms with Gasteiger partial charge in [0, 0.05) is 24.7 Å². The van der Waals surface area contributed by atoms with Crippen LogP contribution in [0.15, 0.2) is 11.6 Å². The molecule has 4 rings (SSSR count). The van der Waals surface area contributed by atoms with Crippen molar-refractivity contribution >= 4 is 11.8 Å². The van der Waals surface area contributed by atoms with Gasteiger partial charge in [-0.2, -0.15) is 0 Å². The maximum absolute atomic E-state index is 13.2. The molecule has 0 radical (unpaired) electrons. The highest BCUT2D eigenvalue weighted by molar-refractivity contribution is 5.94. The van der Waals surface area contributed by atoms with Crippen molar-refractivity contribution in [3.8, 4) is 12.3 Å². The lowest BCUT2D eigenvalue weighted by molar-refractivity contribution is -0.150. The molecule has 146 valence electrons. The Kier molecular flexibility index (Phi) is 4.13. The van der Waals surface area contributed by atoms with Gasteiger partial charge in [0.1, 0.15) is 11.7 Å². The fourth-order valence-electron chi connectivity index (χ4n) is 6.96. The van der Waals surface area contributed by atoms with Crippen LogP contribution in [0.2, 0.25) is 0 Å². The molecule has 3 unspecified atom stereocenters. The summed E-state index contributed by atoms with van der Waals surface area (Å²) in [6.07, 6.45) is 13.1. The Balaban J connectivity index is 1.68. The average Bonchev–Trinajstić information content (AvgIpc) is 2.88. The Morgan fingerprint density at radius 1 is 1.22 bits per heavy atom. The number of ketones is 1. The topological polar surface area (TPSA) is 63.6 Å². The summed E-state index contributed by atoms with van der Waals surface area (Å²) in [5.74, 6) is 2.98. The van der Waals surface area contributed by atoms with Crippen molar-refractivity contribution in [3.05, 3.63) is 11.6 Å². The summed E-state index contributed by atoms with van der Waals surface area (Å²) in [6.45, 7) is 5.82. The van der Waals surface area contributed by atoms with E-state index in [1.807, 2.05) is 6.08 Å². The molecule has 0 bridgehead atoms. The van der Waals surface area contributed by atoms with Crippen LogP contribution in [0.25, 0.3) is 0 Å². The van der Waals surface area contributed by atoms with Crippen molar-refractivity contribution in [2.45, 2.75) is 77.4 Å². The van der Waals surface area contributed by atoms with Gasteiger partial charge in [-0.25, -0.2) is 0 Å². The first kappa shape index (κ1) is 18.7. The highest BCUT2D eigenvalue weighted by Gasteiger charge is 2.65. The third-order valence-corrected chi connectivity index (χ3v) is 8.62. The average molecular weight is 370 g/mol. The second-order valence-electron chi connectivity index (χ2n) is 9.70. The smallest absolute Gasteiger partial charge is 0.302 e. The molecule has 0 aromatic heterocycles. The summed E-state index contributed by atoms with van der Waals surface area (Å²) < 4.78 is 5.44. The zero-order chi connectivity index (χ0) is 19.6. The molecule has 4 nitrogen and oxygen atoms in total. The largest absolute Gasteiger partial charge is 0.462 e. The molecule has 4 aliphatic carbocycles. The van der Waals surface area contributed by atoms with Crippen LogP contribution >= 0.6 is 0 Å². The minimum atomic E-state index is -1.10. The molecule has 0 saturated heterocycles. The van der Waals surface area contributed by atoms with E-state index in [4.69, 9.17) is 11.2 Å². The first-order chi connectivity index (χ1) is 12.6. The highest BCUT2D eigenvalue weighted by Crippen LogP contribution is 2.66. The van der Waals surface area contributed by atoms with Gasteiger partial charge in [-0.3, -0.25) is 9.59 Å². The van der Waals surface area contributed by atoms with Crippen molar-refractivity contribution in [1.29, 1.82) is 0 Å². The number of aliphatic hydroxyl groups is 1. The van der Waals surface area contributed by atoms with Crippen molar-refractivity contribution < 1.29 is 19.4 Å². The quantitative estimate of drug-likeness (QED) is 0.567. The number of hydrogen-bond acceptors (Lipinski definition) is 4. The third-order valence-electron chi connectivity index (χ3n) is 8.62. The zero-order valence-electron chi connectivity index (χ0n) is 16.6. The number of carbonyl (C=O) groups is 2. The molecule has 0 aromatic carbocycles. The minimum Gasteiger partial charge on any atom is -0.462 e. The Labute approximate surface area is 161 Å². The molecule has 0 aliphatic heterocycles. The van der Waals surface area contributed by atoms with Crippen LogP contribution in [0, 0.1) is 40.9 Å². The predicted octanol–water partition coefficient (Wildman–Crippen LogP) is 3.42. The van der Waals surface area contributed by atoms with Gasteiger partial charge in [-0.15, -0.1) is 6.42 Å². The fraction of sp³-hybridized carbons (Fsp3) is 0.739. The number of fused-ring (bicyclic) bond motifs is 5. The Morgan fingerprint density at radius 2 is 1.93 bits per heavy atom. The Bertz CT molecular complexity index is 761. The molecule has 4 heteroatoms. The second kappa shape index (κ2) is 5.95. The number of ether oxygens (including phenoxy) is 1. The van der Waals surface area contributed by atoms with E-state index in [-0.39, 0.29) is 40.5 Å². The van der Waals surface area contributed by atoms with Gasteiger partial charge in [0.05, 0.1) is 0 Å². The molecule has 0 aromatic rings. The molecule has 3 fully saturated rings. The van der Waals surface area contributed by atoms with Gasteiger partial charge >= 0.3 is 5.97 Å². The second-order valence-corrected chi connectivity index (χ2v) is 9.70. The van der Waals surface area contributed by atoms with E-state index in [0.29, 0.717) is 18.8 Å². The van der Waals surface area contributed by atoms with Gasteiger partial charge in [-0.1, -0.05) is 25.3 Å². The van der Waals surface area contributed by atoms with Crippen molar-refractivity contribution in [2.75, 3.05) is 0 Å². The van der Waals surface area contributed by atoms with Crippen LogP contribution in [-0.4, -0.2) is 28.6 Å². The summed E-state index contributed by atoms with van der Waals surface area (Å²) in [5, 5.41) is 11.0. The maximum Gasteiger partial charge on any atom is 0.302 e. The van der Waals surface area contributed by atoms with Crippen LogP contribution in [0.5, 0.6) is 0 Å². The highest BCUT2D eigenvalue weighted by atomic mass is 16.5. The number of terminal acetylenes is 1. The lowest BCUT2D eigenvalue weighted by Crippen LogP contribution is -2.56. The van der Waals surface area contributed by atoms with E-state index in [0.717, 1.165) is 37.7 Å². The molecule has 27 heavy (non-hydrogen) atoms. The number of allylic oxidation sites excluding steroid dienone is 1. The van der Waals surface area contributed by atoms with Crippen molar-refractivity contribution in [1.82, 2.24) is 0 Å². The van der Waals surface area contributed by atoms with E-state index < -0.39 is 5.60 Å². The maximum atomic E-state index is 13.2. The van der Waals surface area contributed by atoms with Crippen molar-refractivity contribution in [2.24, 2.45) is 28.6 Å². The lowest BCUT2D eigenvalue weighted by Gasteiger charge is -2.57. The molecule has 0 spiro atoms. The zero-order valence-corrected chi connectivity index (χ0v) is 16.6. The Morgan fingerprint density at radius 3 is 2.59 bits per heavy atom. The molecule has 7 atom stereocenters. The van der Waals surface area contributed by atoms with E-state index in [1.54, 1.807) is 0 Å². The number of hydrogen-bond donors (Lipinski definition) is 1. The van der Waals surface area contributed by atoms with Gasteiger partial charge in [0.25, 0.3) is 0 Å². The number of carbonyl (C=O) groups excluding carboxylic acids is 2. The summed E-state index contributed by atoms with van der Waals surface area (Å²) in [4.78, 5) is 24.6. The fourth-order valence-corrected chi connectivity index (χ4v) is 6.96. The SMILES string of the molecule is C#C[C@]1(O)CCC2C3C(=O)C=C4C[C@@H](OC(C)=O)CC[C@]4(C)C3CC[C@@]21C. The van der Waals surface area contributed by atoms with E-state index >= 15 is 0 Å². The third kappa shape index (κ3) is 2.47. The lowest BCUT2D eigenvalue weighted by atomic mass is 9.46. The van der Waals surface area contributed by atoms with Gasteiger partial charge in [-0.05, 0) is 61.9 Å².